The Hall–Kier alpha value is -1.01. The highest BCUT2D eigenvalue weighted by Crippen LogP contribution is 2.30. The summed E-state index contributed by atoms with van der Waals surface area (Å²) in [5.41, 5.74) is 1.66. The molecule has 0 aliphatic rings. The van der Waals surface area contributed by atoms with E-state index in [1.807, 2.05) is 53.8 Å². The van der Waals surface area contributed by atoms with Gasteiger partial charge in [0.2, 0.25) is 0 Å². The molecule has 0 fully saturated rings. The first kappa shape index (κ1) is 14.4. The van der Waals surface area contributed by atoms with E-state index in [0.29, 0.717) is 20.9 Å². The van der Waals surface area contributed by atoms with Crippen molar-refractivity contribution >= 4 is 34.2 Å². The average Bonchev–Trinajstić information content (AvgIpc) is 2.42. The molecule has 1 aromatic heterocycles. The number of halogens is 2. The summed E-state index contributed by atoms with van der Waals surface area (Å²) >= 11 is 8.31. The first-order chi connectivity index (χ1) is 9.08. The molecule has 0 radical (unpaired) electrons. The number of hydrogen-bond donors (Lipinski definition) is 0. The van der Waals surface area contributed by atoms with E-state index in [9.17, 15) is 4.79 Å². The van der Waals surface area contributed by atoms with E-state index in [-0.39, 0.29) is 5.56 Å². The van der Waals surface area contributed by atoms with Crippen molar-refractivity contribution in [3.63, 3.8) is 0 Å². The van der Waals surface area contributed by atoms with Crippen LogP contribution in [0.3, 0.4) is 0 Å². The number of rotatable bonds is 3. The molecule has 0 saturated heterocycles. The molecular formula is C14H13ClINO2. The molecule has 0 atom stereocenters. The zero-order chi connectivity index (χ0) is 14.0. The standard InChI is InChI=1S/C14H13ClINO2/c1-3-17-13(7-6-12(16)14(17)18)10-5-4-9(19-2)8-11(10)15/h4-8H,3H2,1-2H3. The van der Waals surface area contributed by atoms with E-state index in [4.69, 9.17) is 16.3 Å². The predicted molar refractivity (Wildman–Crippen MR) is 86.1 cm³/mol. The Bertz CT molecular complexity index is 667. The van der Waals surface area contributed by atoms with Crippen molar-refractivity contribution in [2.45, 2.75) is 13.5 Å². The van der Waals surface area contributed by atoms with Crippen LogP contribution in [0.25, 0.3) is 11.3 Å². The smallest absolute Gasteiger partial charge is 0.264 e. The second kappa shape index (κ2) is 5.96. The molecule has 0 aliphatic carbocycles. The summed E-state index contributed by atoms with van der Waals surface area (Å²) in [5.74, 6) is 0.699. The van der Waals surface area contributed by atoms with Gasteiger partial charge in [-0.05, 0) is 59.8 Å². The Morgan fingerprint density at radius 2 is 2.05 bits per heavy atom. The lowest BCUT2D eigenvalue weighted by atomic mass is 10.1. The van der Waals surface area contributed by atoms with Gasteiger partial charge in [-0.1, -0.05) is 11.6 Å². The summed E-state index contributed by atoms with van der Waals surface area (Å²) in [7, 11) is 1.60. The van der Waals surface area contributed by atoms with Gasteiger partial charge in [0, 0.05) is 12.1 Å². The number of nitrogens with zero attached hydrogens (tertiary/aromatic N) is 1. The molecule has 1 aromatic carbocycles. The van der Waals surface area contributed by atoms with Gasteiger partial charge in [-0.25, -0.2) is 0 Å². The SMILES string of the molecule is CCn1c(-c2ccc(OC)cc2Cl)ccc(I)c1=O. The third kappa shape index (κ3) is 2.79. The van der Waals surface area contributed by atoms with Gasteiger partial charge >= 0.3 is 0 Å². The van der Waals surface area contributed by atoms with E-state index >= 15 is 0 Å². The molecule has 2 aromatic rings. The van der Waals surface area contributed by atoms with Gasteiger partial charge in [-0.15, -0.1) is 0 Å². The van der Waals surface area contributed by atoms with Gasteiger partial charge < -0.3 is 9.30 Å². The van der Waals surface area contributed by atoms with Crippen LogP contribution in [0.5, 0.6) is 5.75 Å². The van der Waals surface area contributed by atoms with E-state index in [2.05, 4.69) is 0 Å². The average molecular weight is 390 g/mol. The van der Waals surface area contributed by atoms with Crippen molar-refractivity contribution in [1.29, 1.82) is 0 Å². The lowest BCUT2D eigenvalue weighted by Crippen LogP contribution is -2.22. The molecule has 0 N–H and O–H groups in total. The highest BCUT2D eigenvalue weighted by atomic mass is 127. The quantitative estimate of drug-likeness (QED) is 0.748. The van der Waals surface area contributed by atoms with Crippen LogP contribution in [0, 0.1) is 3.57 Å². The summed E-state index contributed by atoms with van der Waals surface area (Å²) in [5, 5.41) is 0.571. The topological polar surface area (TPSA) is 31.2 Å². The van der Waals surface area contributed by atoms with Crippen LogP contribution < -0.4 is 10.3 Å². The highest BCUT2D eigenvalue weighted by molar-refractivity contribution is 14.1. The number of benzene rings is 1. The fraction of sp³-hybridized carbons (Fsp3) is 0.214. The molecule has 0 amide bonds. The fourth-order valence-electron chi connectivity index (χ4n) is 1.93. The van der Waals surface area contributed by atoms with Gasteiger partial charge in [0.05, 0.1) is 21.4 Å². The molecule has 0 aliphatic heterocycles. The summed E-state index contributed by atoms with van der Waals surface area (Å²) in [6.45, 7) is 2.55. The second-order valence-corrected chi connectivity index (χ2v) is 5.53. The summed E-state index contributed by atoms with van der Waals surface area (Å²) in [4.78, 5) is 12.1. The normalized spacial score (nSPS) is 10.5. The zero-order valence-electron chi connectivity index (χ0n) is 10.6. The van der Waals surface area contributed by atoms with Crippen LogP contribution in [0.1, 0.15) is 6.92 Å². The number of pyridine rings is 1. The lowest BCUT2D eigenvalue weighted by Gasteiger charge is -2.13. The van der Waals surface area contributed by atoms with Crippen molar-refractivity contribution in [2.75, 3.05) is 7.11 Å². The third-order valence-corrected chi connectivity index (χ3v) is 4.03. The van der Waals surface area contributed by atoms with E-state index in [0.717, 1.165) is 11.3 Å². The van der Waals surface area contributed by atoms with Gasteiger partial charge in [-0.2, -0.15) is 0 Å². The molecule has 19 heavy (non-hydrogen) atoms. The number of aromatic nitrogens is 1. The van der Waals surface area contributed by atoms with Crippen LogP contribution in [0.15, 0.2) is 35.1 Å². The molecular weight excluding hydrogens is 377 g/mol. The predicted octanol–water partition coefficient (Wildman–Crippen LogP) is 3.80. The van der Waals surface area contributed by atoms with Gasteiger partial charge in [0.1, 0.15) is 5.75 Å². The highest BCUT2D eigenvalue weighted by Gasteiger charge is 2.11. The molecule has 100 valence electrons. The number of hydrogen-bond acceptors (Lipinski definition) is 2. The third-order valence-electron chi connectivity index (χ3n) is 2.90. The van der Waals surface area contributed by atoms with E-state index < -0.39 is 0 Å². The number of methoxy groups -OCH3 is 1. The first-order valence-electron chi connectivity index (χ1n) is 5.81. The second-order valence-electron chi connectivity index (χ2n) is 3.96. The van der Waals surface area contributed by atoms with Crippen molar-refractivity contribution in [2.24, 2.45) is 0 Å². The molecule has 0 unspecified atom stereocenters. The van der Waals surface area contributed by atoms with Crippen molar-refractivity contribution in [1.82, 2.24) is 4.57 Å². The molecule has 0 saturated carbocycles. The van der Waals surface area contributed by atoms with Crippen LogP contribution in [-0.4, -0.2) is 11.7 Å². The minimum Gasteiger partial charge on any atom is -0.497 e. The minimum absolute atomic E-state index is 0.00693. The van der Waals surface area contributed by atoms with E-state index in [1.165, 1.54) is 0 Å². The summed E-state index contributed by atoms with van der Waals surface area (Å²) in [6.07, 6.45) is 0. The molecule has 3 nitrogen and oxygen atoms in total. The fourth-order valence-corrected chi connectivity index (χ4v) is 2.67. The Morgan fingerprint density at radius 1 is 1.32 bits per heavy atom. The Kier molecular flexibility index (Phi) is 4.52. The van der Waals surface area contributed by atoms with Crippen LogP contribution in [0.2, 0.25) is 5.02 Å². The number of ether oxygens (including phenoxy) is 1. The maximum Gasteiger partial charge on any atom is 0.264 e. The lowest BCUT2D eigenvalue weighted by molar-refractivity contribution is 0.415. The maximum absolute atomic E-state index is 12.1. The summed E-state index contributed by atoms with van der Waals surface area (Å²) in [6, 6.07) is 9.18. The van der Waals surface area contributed by atoms with Crippen LogP contribution in [0.4, 0.5) is 0 Å². The molecule has 1 heterocycles. The first-order valence-corrected chi connectivity index (χ1v) is 7.27. The Labute approximate surface area is 130 Å². The van der Waals surface area contributed by atoms with Gasteiger partial charge in [0.25, 0.3) is 5.56 Å². The summed E-state index contributed by atoms with van der Waals surface area (Å²) < 4.78 is 7.55. The van der Waals surface area contributed by atoms with E-state index in [1.54, 1.807) is 17.7 Å². The molecule has 0 bridgehead atoms. The minimum atomic E-state index is 0.00693. The largest absolute Gasteiger partial charge is 0.497 e. The van der Waals surface area contributed by atoms with Gasteiger partial charge in [0.15, 0.2) is 0 Å². The molecule has 2 rings (SSSR count). The van der Waals surface area contributed by atoms with Crippen molar-refractivity contribution in [3.8, 4) is 17.0 Å². The zero-order valence-corrected chi connectivity index (χ0v) is 13.5. The van der Waals surface area contributed by atoms with Gasteiger partial charge in [-0.3, -0.25) is 4.79 Å². The van der Waals surface area contributed by atoms with Crippen molar-refractivity contribution in [3.05, 3.63) is 49.3 Å². The van der Waals surface area contributed by atoms with Crippen LogP contribution in [-0.2, 0) is 6.54 Å². The van der Waals surface area contributed by atoms with Crippen LogP contribution >= 0.6 is 34.2 Å². The maximum atomic E-state index is 12.1. The molecule has 5 heteroatoms. The van der Waals surface area contributed by atoms with Crippen molar-refractivity contribution < 1.29 is 4.74 Å². The Balaban J connectivity index is 2.66. The molecule has 0 spiro atoms. The Morgan fingerprint density at radius 3 is 2.63 bits per heavy atom. The monoisotopic (exact) mass is 389 g/mol.